The maximum absolute atomic E-state index is 9.04. The Morgan fingerprint density at radius 3 is 1.76 bits per heavy atom. The monoisotopic (exact) mass is 678 g/mol. The van der Waals surface area contributed by atoms with E-state index in [1.165, 1.54) is 16.7 Å². The number of aliphatic hydroxyl groups excluding tert-OH is 4. The van der Waals surface area contributed by atoms with Crippen LogP contribution in [0.2, 0.25) is 0 Å². The van der Waals surface area contributed by atoms with Crippen molar-refractivity contribution in [1.82, 2.24) is 0 Å². The van der Waals surface area contributed by atoms with E-state index in [1.54, 1.807) is 6.92 Å². The minimum absolute atomic E-state index is 0.0634. The first kappa shape index (κ1) is 42.9. The highest BCUT2D eigenvalue weighted by Gasteiger charge is 2.04. The molecule has 0 amide bonds. The quantitative estimate of drug-likeness (QED) is 0.112. The van der Waals surface area contributed by atoms with E-state index < -0.39 is 12.2 Å². The van der Waals surface area contributed by atoms with Gasteiger partial charge < -0.3 is 39.4 Å². The molecule has 0 spiro atoms. The Hall–Kier alpha value is -4.08. The van der Waals surface area contributed by atoms with Crippen molar-refractivity contribution in [2.24, 2.45) is 0 Å². The van der Waals surface area contributed by atoms with Gasteiger partial charge in [0.15, 0.2) is 0 Å². The first-order valence-electron chi connectivity index (χ1n) is 17.0. The van der Waals surface area contributed by atoms with Crippen molar-refractivity contribution in [1.29, 1.82) is 0 Å². The van der Waals surface area contributed by atoms with Crippen LogP contribution in [0.5, 0.6) is 23.0 Å². The van der Waals surface area contributed by atoms with Gasteiger partial charge in [-0.15, -0.1) is 0 Å². The molecule has 0 aromatic heterocycles. The van der Waals surface area contributed by atoms with Crippen LogP contribution in [0.1, 0.15) is 55.5 Å². The molecule has 0 bridgehead atoms. The molecule has 49 heavy (non-hydrogen) atoms. The van der Waals surface area contributed by atoms with E-state index in [2.05, 4.69) is 32.0 Å². The molecule has 0 radical (unpaired) electrons. The second-order valence-electron chi connectivity index (χ2n) is 11.4. The summed E-state index contributed by atoms with van der Waals surface area (Å²) in [6.45, 7) is 15.4. The second kappa shape index (κ2) is 25.9. The van der Waals surface area contributed by atoms with Gasteiger partial charge in [0.25, 0.3) is 0 Å². The fourth-order valence-corrected chi connectivity index (χ4v) is 4.17. The predicted octanol–water partition coefficient (Wildman–Crippen LogP) is 7.06. The molecule has 8 nitrogen and oxygen atoms in total. The van der Waals surface area contributed by atoms with Gasteiger partial charge in [0.05, 0.1) is 25.9 Å². The Kier molecular flexibility index (Phi) is 22.7. The normalized spacial score (nSPS) is 11.2. The molecular formula is C41H58O8. The highest BCUT2D eigenvalue weighted by atomic mass is 16.5. The molecule has 0 fully saturated rings. The molecule has 2 atom stereocenters. The number of aryl methyl sites for hydroxylation is 5. The lowest BCUT2D eigenvalue weighted by Gasteiger charge is -2.11. The van der Waals surface area contributed by atoms with Crippen LogP contribution in [0.25, 0.3) is 0 Å². The Bertz CT molecular complexity index is 1420. The van der Waals surface area contributed by atoms with E-state index >= 15 is 0 Å². The van der Waals surface area contributed by atoms with E-state index in [9.17, 15) is 0 Å². The number of rotatable bonds is 14. The molecule has 0 aliphatic rings. The van der Waals surface area contributed by atoms with Gasteiger partial charge in [-0.25, -0.2) is 0 Å². The lowest BCUT2D eigenvalue weighted by molar-refractivity contribution is 0.0534. The maximum atomic E-state index is 9.04. The van der Waals surface area contributed by atoms with Crippen LogP contribution in [-0.4, -0.2) is 72.3 Å². The van der Waals surface area contributed by atoms with Gasteiger partial charge in [0.2, 0.25) is 0 Å². The van der Waals surface area contributed by atoms with Crippen molar-refractivity contribution >= 4 is 0 Å². The van der Waals surface area contributed by atoms with Crippen molar-refractivity contribution < 1.29 is 39.4 Å². The third-order valence-electron chi connectivity index (χ3n) is 6.78. The van der Waals surface area contributed by atoms with Gasteiger partial charge in [-0.3, -0.25) is 0 Å². The first-order valence-corrected chi connectivity index (χ1v) is 17.0. The summed E-state index contributed by atoms with van der Waals surface area (Å²) in [4.78, 5) is 0. The fourth-order valence-electron chi connectivity index (χ4n) is 4.17. The summed E-state index contributed by atoms with van der Waals surface area (Å²) in [6.07, 6.45) is 0.924. The zero-order chi connectivity index (χ0) is 36.4. The van der Waals surface area contributed by atoms with Crippen molar-refractivity contribution in [3.63, 3.8) is 0 Å². The summed E-state index contributed by atoms with van der Waals surface area (Å²) >= 11 is 0. The minimum atomic E-state index is -0.806. The number of ether oxygens (including phenoxy) is 4. The average Bonchev–Trinajstić information content (AvgIpc) is 3.10. The molecule has 4 aromatic carbocycles. The van der Waals surface area contributed by atoms with Crippen LogP contribution in [0.15, 0.2) is 91.0 Å². The molecular weight excluding hydrogens is 620 g/mol. The topological polar surface area (TPSA) is 118 Å². The van der Waals surface area contributed by atoms with E-state index in [1.807, 2.05) is 100 Å². The molecule has 4 rings (SSSR count). The minimum Gasteiger partial charge on any atom is -0.494 e. The van der Waals surface area contributed by atoms with E-state index in [0.29, 0.717) is 13.2 Å². The smallest absolute Gasteiger partial charge is 0.122 e. The van der Waals surface area contributed by atoms with Gasteiger partial charge in [-0.2, -0.15) is 0 Å². The summed E-state index contributed by atoms with van der Waals surface area (Å²) in [7, 11) is 0. The number of para-hydroxylation sites is 1. The van der Waals surface area contributed by atoms with Crippen LogP contribution in [0.4, 0.5) is 0 Å². The molecule has 0 saturated carbocycles. The molecule has 0 heterocycles. The summed E-state index contributed by atoms with van der Waals surface area (Å²) in [5.41, 5.74) is 6.06. The number of hydrogen-bond acceptors (Lipinski definition) is 8. The Morgan fingerprint density at radius 2 is 1.24 bits per heavy atom. The average molecular weight is 679 g/mol. The summed E-state index contributed by atoms with van der Waals surface area (Å²) < 4.78 is 21.3. The van der Waals surface area contributed by atoms with E-state index in [0.717, 1.165) is 53.6 Å². The van der Waals surface area contributed by atoms with E-state index in [-0.39, 0.29) is 19.8 Å². The molecule has 0 saturated heterocycles. The van der Waals surface area contributed by atoms with Gasteiger partial charge >= 0.3 is 0 Å². The summed E-state index contributed by atoms with van der Waals surface area (Å²) in [5, 5.41) is 35.0. The zero-order valence-electron chi connectivity index (χ0n) is 30.4. The van der Waals surface area contributed by atoms with Gasteiger partial charge in [0, 0.05) is 0 Å². The van der Waals surface area contributed by atoms with Crippen molar-refractivity contribution in [3.05, 3.63) is 119 Å². The third kappa shape index (κ3) is 19.5. The van der Waals surface area contributed by atoms with Crippen LogP contribution >= 0.6 is 0 Å². The summed E-state index contributed by atoms with van der Waals surface area (Å²) in [5.74, 6) is 3.42. The van der Waals surface area contributed by atoms with Crippen molar-refractivity contribution in [3.8, 4) is 23.0 Å². The van der Waals surface area contributed by atoms with Crippen molar-refractivity contribution in [2.45, 2.75) is 73.5 Å². The molecule has 2 unspecified atom stereocenters. The predicted molar refractivity (Wildman–Crippen MR) is 198 cm³/mol. The molecule has 4 aromatic rings. The number of hydrogen-bond donors (Lipinski definition) is 4. The molecule has 8 heteroatoms. The standard InChI is InChI=1S/C12H18O.C10H14O3.C10H14O2.C9H12O2/c1-4-10-7-8-12(13-6-3)11(5-2)9-10;1-8-4-2-3-5-10(8)13-7-9(12)6-11;1-8-4-3-5-10(6-8)12-7-9(2)11;1-8-3-2-4-9(7-8)11-6-5-10/h7-9H,4-6H2,1-3H3;2-5,9,11-12H,6-7H2,1H3;3-6,9,11H,7H2,1-2H3;2-4,7,10H,5-6H2,1H3. The Labute approximate surface area is 293 Å². The Morgan fingerprint density at radius 1 is 0.612 bits per heavy atom. The molecule has 0 aliphatic heterocycles. The third-order valence-corrected chi connectivity index (χ3v) is 6.78. The number of aliphatic hydroxyl groups is 4. The first-order chi connectivity index (χ1) is 23.6. The maximum Gasteiger partial charge on any atom is 0.122 e. The van der Waals surface area contributed by atoms with Gasteiger partial charge in [-0.05, 0) is 112 Å². The zero-order valence-corrected chi connectivity index (χ0v) is 30.4. The van der Waals surface area contributed by atoms with Crippen molar-refractivity contribution in [2.75, 3.05) is 39.6 Å². The molecule has 270 valence electrons. The molecule has 0 aliphatic carbocycles. The lowest BCUT2D eigenvalue weighted by atomic mass is 10.1. The second-order valence-corrected chi connectivity index (χ2v) is 11.4. The largest absolute Gasteiger partial charge is 0.494 e. The highest BCUT2D eigenvalue weighted by molar-refractivity contribution is 5.37. The van der Waals surface area contributed by atoms with Crippen LogP contribution in [0.3, 0.4) is 0 Å². The fraction of sp³-hybridized carbons (Fsp3) is 0.415. The SMILES string of the molecule is CCOc1ccc(CC)cc1CC.Cc1cccc(OCC(C)O)c1.Cc1cccc(OCCO)c1.Cc1ccccc1OCC(O)CO. The number of benzene rings is 4. The summed E-state index contributed by atoms with van der Waals surface area (Å²) in [6, 6.07) is 29.6. The lowest BCUT2D eigenvalue weighted by Crippen LogP contribution is -2.21. The van der Waals surface area contributed by atoms with Crippen LogP contribution in [-0.2, 0) is 12.8 Å². The highest BCUT2D eigenvalue weighted by Crippen LogP contribution is 2.21. The van der Waals surface area contributed by atoms with Crippen LogP contribution < -0.4 is 18.9 Å². The Balaban J connectivity index is 0.000000327. The van der Waals surface area contributed by atoms with Crippen LogP contribution in [0, 0.1) is 20.8 Å². The van der Waals surface area contributed by atoms with Gasteiger partial charge in [-0.1, -0.05) is 68.4 Å². The molecule has 4 N–H and O–H groups in total. The van der Waals surface area contributed by atoms with E-state index in [4.69, 9.17) is 39.4 Å². The van der Waals surface area contributed by atoms with Gasteiger partial charge in [0.1, 0.15) is 48.9 Å².